The van der Waals surface area contributed by atoms with Crippen molar-refractivity contribution >= 4 is 35.8 Å². The van der Waals surface area contributed by atoms with Crippen LogP contribution in [0.5, 0.6) is 0 Å². The molecule has 0 saturated carbocycles. The van der Waals surface area contributed by atoms with Gasteiger partial charge < -0.3 is 10.6 Å². The number of hydrogen-bond acceptors (Lipinski definition) is 5. The molecule has 1 unspecified atom stereocenters. The average molecular weight is 273 g/mol. The minimum Gasteiger partial charge on any atom is -0.354 e. The molecule has 0 aliphatic heterocycles. The molecular weight excluding hydrogens is 258 g/mol. The Hall–Kier alpha value is -1.08. The molecule has 0 saturated heterocycles. The van der Waals surface area contributed by atoms with Crippen molar-refractivity contribution in [3.8, 4) is 0 Å². The van der Waals surface area contributed by atoms with Gasteiger partial charge in [-0.25, -0.2) is 4.98 Å². The molecule has 0 radical (unpaired) electrons. The molecule has 0 spiro atoms. The van der Waals surface area contributed by atoms with Crippen LogP contribution in [0.3, 0.4) is 0 Å². The Morgan fingerprint density at radius 2 is 2.35 bits per heavy atom. The van der Waals surface area contributed by atoms with Crippen LogP contribution in [-0.2, 0) is 16.0 Å². The lowest BCUT2D eigenvalue weighted by molar-refractivity contribution is -0.127. The molecule has 2 amide bonds. The van der Waals surface area contributed by atoms with E-state index in [-0.39, 0.29) is 17.6 Å². The van der Waals surface area contributed by atoms with Gasteiger partial charge in [-0.1, -0.05) is 0 Å². The molecule has 5 nitrogen and oxygen atoms in total. The first kappa shape index (κ1) is 14.0. The molecule has 0 fully saturated rings. The van der Waals surface area contributed by atoms with Gasteiger partial charge in [-0.05, 0) is 0 Å². The molecule has 1 rings (SSSR count). The molecule has 94 valence electrons. The summed E-state index contributed by atoms with van der Waals surface area (Å²) in [6.45, 7) is 1.88. The van der Waals surface area contributed by atoms with E-state index in [0.717, 1.165) is 5.69 Å². The molecule has 0 aliphatic rings. The number of thiazole rings is 1. The third-order valence-electron chi connectivity index (χ3n) is 2.04. The second-order valence-electron chi connectivity index (χ2n) is 3.46. The lowest BCUT2D eigenvalue weighted by Gasteiger charge is -2.14. The Bertz CT molecular complexity index is 368. The van der Waals surface area contributed by atoms with Crippen molar-refractivity contribution in [3.05, 3.63) is 16.6 Å². The fraction of sp³-hybridized carbons (Fsp3) is 0.500. The Morgan fingerprint density at radius 1 is 1.59 bits per heavy atom. The van der Waals surface area contributed by atoms with Crippen LogP contribution in [0.25, 0.3) is 0 Å². The molecule has 7 heteroatoms. The fourth-order valence-corrected chi connectivity index (χ4v) is 2.09. The summed E-state index contributed by atoms with van der Waals surface area (Å²) in [7, 11) is 0. The molecule has 1 atom stereocenters. The number of amides is 2. The maximum atomic E-state index is 11.6. The van der Waals surface area contributed by atoms with Gasteiger partial charge in [0.15, 0.2) is 0 Å². The van der Waals surface area contributed by atoms with Crippen LogP contribution in [0.2, 0.25) is 0 Å². The predicted octanol–water partition coefficient (Wildman–Crippen LogP) is 0.236. The Morgan fingerprint density at radius 3 is 2.88 bits per heavy atom. The molecule has 0 aliphatic carbocycles. The van der Waals surface area contributed by atoms with E-state index in [1.165, 1.54) is 18.3 Å². The van der Waals surface area contributed by atoms with Gasteiger partial charge in [-0.2, -0.15) is 12.6 Å². The SMILES string of the molecule is CC(=O)NC(CS)C(=O)NCCc1cscn1. The Labute approximate surface area is 109 Å². The molecule has 0 bridgehead atoms. The van der Waals surface area contributed by atoms with Gasteiger partial charge in [0.25, 0.3) is 0 Å². The zero-order valence-electron chi connectivity index (χ0n) is 9.47. The quantitative estimate of drug-likeness (QED) is 0.650. The number of aromatic nitrogens is 1. The molecule has 0 aromatic carbocycles. The van der Waals surface area contributed by atoms with Crippen molar-refractivity contribution in [2.24, 2.45) is 0 Å². The van der Waals surface area contributed by atoms with Crippen LogP contribution in [0.4, 0.5) is 0 Å². The highest BCUT2D eigenvalue weighted by Crippen LogP contribution is 2.00. The summed E-state index contributed by atoms with van der Waals surface area (Å²) in [5.41, 5.74) is 2.71. The van der Waals surface area contributed by atoms with Crippen molar-refractivity contribution in [1.82, 2.24) is 15.6 Å². The number of hydrogen-bond donors (Lipinski definition) is 3. The summed E-state index contributed by atoms with van der Waals surface area (Å²) in [5, 5.41) is 7.21. The topological polar surface area (TPSA) is 71.1 Å². The van der Waals surface area contributed by atoms with E-state index in [4.69, 9.17) is 0 Å². The van der Waals surface area contributed by atoms with Crippen molar-refractivity contribution in [2.45, 2.75) is 19.4 Å². The minimum absolute atomic E-state index is 0.217. The second kappa shape index (κ2) is 7.29. The zero-order chi connectivity index (χ0) is 12.7. The number of nitrogens with zero attached hydrogens (tertiary/aromatic N) is 1. The highest BCUT2D eigenvalue weighted by molar-refractivity contribution is 7.80. The van der Waals surface area contributed by atoms with Crippen LogP contribution in [0, 0.1) is 0 Å². The summed E-state index contributed by atoms with van der Waals surface area (Å²) in [6.07, 6.45) is 0.689. The van der Waals surface area contributed by atoms with Gasteiger partial charge in [0.2, 0.25) is 11.8 Å². The first-order chi connectivity index (χ1) is 8.13. The summed E-state index contributed by atoms with van der Waals surface area (Å²) >= 11 is 5.55. The maximum Gasteiger partial charge on any atom is 0.243 e. The van der Waals surface area contributed by atoms with E-state index < -0.39 is 6.04 Å². The predicted molar refractivity (Wildman–Crippen MR) is 70.3 cm³/mol. The van der Waals surface area contributed by atoms with Gasteiger partial charge in [-0.3, -0.25) is 9.59 Å². The number of carbonyl (C=O) groups is 2. The lowest BCUT2D eigenvalue weighted by atomic mass is 10.3. The normalized spacial score (nSPS) is 11.9. The van der Waals surface area contributed by atoms with Crippen molar-refractivity contribution in [1.29, 1.82) is 0 Å². The van der Waals surface area contributed by atoms with Crippen LogP contribution in [0.15, 0.2) is 10.9 Å². The molecule has 17 heavy (non-hydrogen) atoms. The van der Waals surface area contributed by atoms with Crippen LogP contribution >= 0.6 is 24.0 Å². The summed E-state index contributed by atoms with van der Waals surface area (Å²) in [4.78, 5) is 26.6. The van der Waals surface area contributed by atoms with E-state index in [0.29, 0.717) is 13.0 Å². The second-order valence-corrected chi connectivity index (χ2v) is 4.54. The number of carbonyl (C=O) groups excluding carboxylic acids is 2. The average Bonchev–Trinajstić information content (AvgIpc) is 2.78. The van der Waals surface area contributed by atoms with Crippen LogP contribution in [0.1, 0.15) is 12.6 Å². The fourth-order valence-electron chi connectivity index (χ4n) is 1.24. The van der Waals surface area contributed by atoms with Gasteiger partial charge in [0.1, 0.15) is 6.04 Å². The maximum absolute atomic E-state index is 11.6. The van der Waals surface area contributed by atoms with Crippen molar-refractivity contribution in [2.75, 3.05) is 12.3 Å². The van der Waals surface area contributed by atoms with Gasteiger partial charge in [0.05, 0.1) is 11.2 Å². The zero-order valence-corrected chi connectivity index (χ0v) is 11.2. The Kier molecular flexibility index (Phi) is 5.99. The third-order valence-corrected chi connectivity index (χ3v) is 3.04. The molecule has 2 N–H and O–H groups in total. The first-order valence-corrected chi connectivity index (χ1v) is 6.73. The number of rotatable bonds is 6. The first-order valence-electron chi connectivity index (χ1n) is 5.16. The number of thiol groups is 1. The highest BCUT2D eigenvalue weighted by atomic mass is 32.1. The molecule has 1 aromatic heterocycles. The van der Waals surface area contributed by atoms with E-state index >= 15 is 0 Å². The molecular formula is C10H15N3O2S2. The lowest BCUT2D eigenvalue weighted by Crippen LogP contribution is -2.47. The Balaban J connectivity index is 2.29. The van der Waals surface area contributed by atoms with Gasteiger partial charge in [-0.15, -0.1) is 11.3 Å². The monoisotopic (exact) mass is 273 g/mol. The standard InChI is InChI=1S/C10H15N3O2S2/c1-7(14)13-9(4-16)10(15)11-3-2-8-5-17-6-12-8/h5-6,9,16H,2-4H2,1H3,(H,11,15)(H,13,14). The highest BCUT2D eigenvalue weighted by Gasteiger charge is 2.16. The smallest absolute Gasteiger partial charge is 0.243 e. The van der Waals surface area contributed by atoms with Crippen molar-refractivity contribution in [3.63, 3.8) is 0 Å². The molecule has 1 aromatic rings. The van der Waals surface area contributed by atoms with Crippen molar-refractivity contribution < 1.29 is 9.59 Å². The number of nitrogens with one attached hydrogen (secondary N) is 2. The van der Waals surface area contributed by atoms with E-state index in [1.807, 2.05) is 5.38 Å². The summed E-state index contributed by atoms with van der Waals surface area (Å²) < 4.78 is 0. The van der Waals surface area contributed by atoms with E-state index in [1.54, 1.807) is 5.51 Å². The van der Waals surface area contributed by atoms with E-state index in [2.05, 4.69) is 28.2 Å². The van der Waals surface area contributed by atoms with Crippen LogP contribution in [-0.4, -0.2) is 35.1 Å². The van der Waals surface area contributed by atoms with E-state index in [9.17, 15) is 9.59 Å². The summed E-state index contributed by atoms with van der Waals surface area (Å²) in [5.74, 6) is -0.175. The van der Waals surface area contributed by atoms with Gasteiger partial charge >= 0.3 is 0 Å². The third kappa shape index (κ3) is 5.18. The minimum atomic E-state index is -0.578. The summed E-state index contributed by atoms with van der Waals surface area (Å²) in [6, 6.07) is -0.578. The van der Waals surface area contributed by atoms with Gasteiger partial charge in [0, 0.05) is 31.0 Å². The van der Waals surface area contributed by atoms with Crippen LogP contribution < -0.4 is 10.6 Å². The largest absolute Gasteiger partial charge is 0.354 e. The molecule has 1 heterocycles.